The topological polar surface area (TPSA) is 21.3 Å². The second kappa shape index (κ2) is 7.66. The van der Waals surface area contributed by atoms with Crippen LogP contribution in [-0.2, 0) is 4.74 Å². The van der Waals surface area contributed by atoms with Gasteiger partial charge in [0.05, 0.1) is 11.6 Å². The van der Waals surface area contributed by atoms with Crippen molar-refractivity contribution in [3.05, 3.63) is 35.4 Å². The molecule has 0 aliphatic carbocycles. The van der Waals surface area contributed by atoms with Gasteiger partial charge in [-0.2, -0.15) is 0 Å². The quantitative estimate of drug-likeness (QED) is 0.757. The van der Waals surface area contributed by atoms with Crippen LogP contribution in [0.15, 0.2) is 24.3 Å². The van der Waals surface area contributed by atoms with Crippen molar-refractivity contribution in [3.63, 3.8) is 0 Å². The lowest BCUT2D eigenvalue weighted by molar-refractivity contribution is -0.0562. The lowest BCUT2D eigenvalue weighted by Gasteiger charge is -2.38. The summed E-state index contributed by atoms with van der Waals surface area (Å²) < 4.78 is 6.06. The standard InChI is InChI=1S/C17H29NO/c1-6-13-18-16(17(5,7-2)19-8-3)15-11-9-14(4)10-12-15/h9-12,16,18H,6-8,13H2,1-5H3. The van der Waals surface area contributed by atoms with E-state index < -0.39 is 0 Å². The Labute approximate surface area is 118 Å². The molecule has 1 aromatic rings. The van der Waals surface area contributed by atoms with Crippen LogP contribution in [0.25, 0.3) is 0 Å². The summed E-state index contributed by atoms with van der Waals surface area (Å²) in [7, 11) is 0. The van der Waals surface area contributed by atoms with Crippen molar-refractivity contribution < 1.29 is 4.74 Å². The van der Waals surface area contributed by atoms with E-state index in [1.54, 1.807) is 0 Å². The van der Waals surface area contributed by atoms with E-state index in [1.165, 1.54) is 11.1 Å². The molecule has 0 aliphatic rings. The fourth-order valence-corrected chi connectivity index (χ4v) is 2.45. The smallest absolute Gasteiger partial charge is 0.0845 e. The third-order valence-electron chi connectivity index (χ3n) is 3.80. The summed E-state index contributed by atoms with van der Waals surface area (Å²) in [4.78, 5) is 0. The Bertz CT molecular complexity index is 360. The summed E-state index contributed by atoms with van der Waals surface area (Å²) in [5.74, 6) is 0. The second-order valence-electron chi connectivity index (χ2n) is 5.40. The van der Waals surface area contributed by atoms with Gasteiger partial charge in [0, 0.05) is 6.61 Å². The number of nitrogens with one attached hydrogen (secondary N) is 1. The van der Waals surface area contributed by atoms with Crippen LogP contribution >= 0.6 is 0 Å². The molecular formula is C17H29NO. The molecular weight excluding hydrogens is 234 g/mol. The Morgan fingerprint density at radius 3 is 2.26 bits per heavy atom. The molecule has 0 fully saturated rings. The SMILES string of the molecule is CCCNC(c1ccc(C)cc1)C(C)(CC)OCC. The first-order valence-corrected chi connectivity index (χ1v) is 7.51. The molecule has 0 spiro atoms. The average Bonchev–Trinajstić information content (AvgIpc) is 2.41. The largest absolute Gasteiger partial charge is 0.374 e. The number of benzene rings is 1. The minimum Gasteiger partial charge on any atom is -0.374 e. The Morgan fingerprint density at radius 1 is 1.16 bits per heavy atom. The van der Waals surface area contributed by atoms with Gasteiger partial charge >= 0.3 is 0 Å². The van der Waals surface area contributed by atoms with Gasteiger partial charge in [-0.15, -0.1) is 0 Å². The first kappa shape index (κ1) is 16.2. The molecule has 0 saturated carbocycles. The Hall–Kier alpha value is -0.860. The van der Waals surface area contributed by atoms with Crippen LogP contribution in [0.3, 0.4) is 0 Å². The summed E-state index contributed by atoms with van der Waals surface area (Å²) in [6, 6.07) is 9.04. The molecule has 0 bridgehead atoms. The lowest BCUT2D eigenvalue weighted by Crippen LogP contribution is -2.43. The maximum absolute atomic E-state index is 6.06. The fourth-order valence-electron chi connectivity index (χ4n) is 2.45. The molecule has 0 aliphatic heterocycles. The lowest BCUT2D eigenvalue weighted by atomic mass is 9.87. The summed E-state index contributed by atoms with van der Waals surface area (Å²) in [6.07, 6.45) is 2.13. The van der Waals surface area contributed by atoms with E-state index in [9.17, 15) is 0 Å². The maximum atomic E-state index is 6.06. The van der Waals surface area contributed by atoms with Crippen molar-refractivity contribution in [2.24, 2.45) is 0 Å². The molecule has 0 amide bonds. The van der Waals surface area contributed by atoms with Crippen LogP contribution in [0.5, 0.6) is 0 Å². The van der Waals surface area contributed by atoms with Gasteiger partial charge in [0.2, 0.25) is 0 Å². The van der Waals surface area contributed by atoms with Crippen LogP contribution in [0.1, 0.15) is 57.7 Å². The zero-order valence-electron chi connectivity index (χ0n) is 13.1. The Balaban J connectivity index is 3.01. The summed E-state index contributed by atoms with van der Waals surface area (Å²) in [5, 5.41) is 3.66. The molecule has 2 heteroatoms. The molecule has 2 nitrogen and oxygen atoms in total. The van der Waals surface area contributed by atoms with Crippen LogP contribution in [0.4, 0.5) is 0 Å². The third kappa shape index (κ3) is 4.32. The minimum absolute atomic E-state index is 0.154. The third-order valence-corrected chi connectivity index (χ3v) is 3.80. The highest BCUT2D eigenvalue weighted by Gasteiger charge is 2.33. The van der Waals surface area contributed by atoms with Gasteiger partial charge in [-0.25, -0.2) is 0 Å². The zero-order valence-corrected chi connectivity index (χ0v) is 13.1. The molecule has 0 radical (unpaired) electrons. The molecule has 0 saturated heterocycles. The van der Waals surface area contributed by atoms with Gasteiger partial charge in [0.15, 0.2) is 0 Å². The van der Waals surface area contributed by atoms with E-state index in [1.807, 2.05) is 0 Å². The normalized spacial score (nSPS) is 16.1. The number of hydrogen-bond acceptors (Lipinski definition) is 2. The van der Waals surface area contributed by atoms with Gasteiger partial charge in [-0.3, -0.25) is 0 Å². The summed E-state index contributed by atoms with van der Waals surface area (Å²) in [5.41, 5.74) is 2.46. The number of ether oxygens (including phenoxy) is 1. The predicted molar refractivity (Wildman–Crippen MR) is 82.5 cm³/mol. The van der Waals surface area contributed by atoms with E-state index in [4.69, 9.17) is 4.74 Å². The van der Waals surface area contributed by atoms with Crippen LogP contribution in [-0.4, -0.2) is 18.8 Å². The van der Waals surface area contributed by atoms with Crippen LogP contribution in [0.2, 0.25) is 0 Å². The summed E-state index contributed by atoms with van der Waals surface area (Å²) >= 11 is 0. The number of aryl methyl sites for hydroxylation is 1. The number of rotatable bonds is 8. The molecule has 0 aromatic heterocycles. The van der Waals surface area contributed by atoms with Crippen molar-refractivity contribution in [2.75, 3.05) is 13.2 Å². The van der Waals surface area contributed by atoms with Crippen LogP contribution < -0.4 is 5.32 Å². The van der Waals surface area contributed by atoms with Gasteiger partial charge in [0.25, 0.3) is 0 Å². The van der Waals surface area contributed by atoms with Crippen molar-refractivity contribution in [2.45, 2.75) is 59.1 Å². The highest BCUT2D eigenvalue weighted by Crippen LogP contribution is 2.32. The molecule has 2 atom stereocenters. The second-order valence-corrected chi connectivity index (χ2v) is 5.40. The molecule has 0 heterocycles. The predicted octanol–water partition coefficient (Wildman–Crippen LogP) is 4.24. The van der Waals surface area contributed by atoms with E-state index in [0.717, 1.165) is 26.0 Å². The molecule has 1 rings (SSSR count). The zero-order chi connectivity index (χ0) is 14.3. The molecule has 2 unspecified atom stereocenters. The fraction of sp³-hybridized carbons (Fsp3) is 0.647. The van der Waals surface area contributed by atoms with Crippen molar-refractivity contribution in [1.29, 1.82) is 0 Å². The van der Waals surface area contributed by atoms with Crippen molar-refractivity contribution in [3.8, 4) is 0 Å². The van der Waals surface area contributed by atoms with Gasteiger partial charge in [0.1, 0.15) is 0 Å². The highest BCUT2D eigenvalue weighted by molar-refractivity contribution is 5.26. The minimum atomic E-state index is -0.154. The van der Waals surface area contributed by atoms with Crippen molar-refractivity contribution >= 4 is 0 Å². The average molecular weight is 263 g/mol. The molecule has 1 aromatic carbocycles. The Morgan fingerprint density at radius 2 is 1.79 bits per heavy atom. The van der Waals surface area contributed by atoms with E-state index in [2.05, 4.69) is 64.2 Å². The van der Waals surface area contributed by atoms with E-state index in [-0.39, 0.29) is 11.6 Å². The molecule has 108 valence electrons. The van der Waals surface area contributed by atoms with Gasteiger partial charge in [-0.1, -0.05) is 43.7 Å². The van der Waals surface area contributed by atoms with Gasteiger partial charge in [-0.05, 0) is 45.7 Å². The summed E-state index contributed by atoms with van der Waals surface area (Å²) in [6.45, 7) is 12.6. The maximum Gasteiger partial charge on any atom is 0.0845 e. The van der Waals surface area contributed by atoms with E-state index in [0.29, 0.717) is 0 Å². The van der Waals surface area contributed by atoms with Crippen molar-refractivity contribution in [1.82, 2.24) is 5.32 Å². The molecule has 1 N–H and O–H groups in total. The highest BCUT2D eigenvalue weighted by atomic mass is 16.5. The van der Waals surface area contributed by atoms with Gasteiger partial charge < -0.3 is 10.1 Å². The first-order chi connectivity index (χ1) is 9.07. The van der Waals surface area contributed by atoms with E-state index >= 15 is 0 Å². The monoisotopic (exact) mass is 263 g/mol. The Kier molecular flexibility index (Phi) is 6.53. The van der Waals surface area contributed by atoms with Crippen LogP contribution in [0, 0.1) is 6.92 Å². The molecule has 19 heavy (non-hydrogen) atoms. The first-order valence-electron chi connectivity index (χ1n) is 7.51. The number of hydrogen-bond donors (Lipinski definition) is 1.